The third-order valence-corrected chi connectivity index (χ3v) is 4.53. The number of carbonyl (C=O) groups excluding carboxylic acids is 2. The Hall–Kier alpha value is -3.40. The fourth-order valence-electron chi connectivity index (χ4n) is 2.89. The highest BCUT2D eigenvalue weighted by molar-refractivity contribution is 6.09. The predicted octanol–water partition coefficient (Wildman–Crippen LogP) is 5.23. The van der Waals surface area contributed by atoms with E-state index in [4.69, 9.17) is 4.74 Å². The van der Waals surface area contributed by atoms with Crippen LogP contribution in [0.1, 0.15) is 42.3 Å². The van der Waals surface area contributed by atoms with Crippen LogP contribution in [-0.2, 0) is 10.2 Å². The first-order valence-corrected chi connectivity index (χ1v) is 9.56. The lowest BCUT2D eigenvalue weighted by molar-refractivity contribution is -0.118. The van der Waals surface area contributed by atoms with Crippen molar-refractivity contribution in [2.75, 3.05) is 11.9 Å². The molecule has 29 heavy (non-hydrogen) atoms. The van der Waals surface area contributed by atoms with Gasteiger partial charge in [-0.15, -0.1) is 0 Å². The number of hydrogen-bond donors (Lipinski definition) is 1. The van der Waals surface area contributed by atoms with Crippen molar-refractivity contribution in [3.05, 3.63) is 95.6 Å². The van der Waals surface area contributed by atoms with E-state index < -0.39 is 0 Å². The van der Waals surface area contributed by atoms with E-state index in [0.717, 1.165) is 0 Å². The van der Waals surface area contributed by atoms with Gasteiger partial charge in [0.2, 0.25) is 0 Å². The number of rotatable bonds is 6. The summed E-state index contributed by atoms with van der Waals surface area (Å²) in [5.41, 5.74) is 2.96. The zero-order chi connectivity index (χ0) is 20.9. The van der Waals surface area contributed by atoms with Crippen LogP contribution in [0.5, 0.6) is 5.75 Å². The molecule has 3 aromatic carbocycles. The number of anilines is 1. The molecule has 148 valence electrons. The van der Waals surface area contributed by atoms with Crippen molar-refractivity contribution in [3.63, 3.8) is 0 Å². The molecule has 3 rings (SSSR count). The lowest BCUT2D eigenvalue weighted by atomic mass is 9.87. The second-order valence-corrected chi connectivity index (χ2v) is 7.89. The van der Waals surface area contributed by atoms with Gasteiger partial charge in [-0.1, -0.05) is 75.4 Å². The maximum atomic E-state index is 12.6. The molecule has 0 saturated carbocycles. The summed E-state index contributed by atoms with van der Waals surface area (Å²) in [6.45, 7) is 6.33. The van der Waals surface area contributed by atoms with Gasteiger partial charge >= 0.3 is 0 Å². The summed E-state index contributed by atoms with van der Waals surface area (Å²) in [5.74, 6) is 0.271. The number of carbonyl (C=O) groups is 2. The predicted molar refractivity (Wildman–Crippen MR) is 116 cm³/mol. The SMILES string of the molecule is CC(C)(C)c1ccc(OCC(=O)Nc2cccc(C(=O)c3ccccc3)c2)cc1. The standard InChI is InChI=1S/C25H25NO3/c1-25(2,3)20-12-14-22(15-13-20)29-17-23(27)26-21-11-7-10-19(16-21)24(28)18-8-5-4-6-9-18/h4-16H,17H2,1-3H3,(H,26,27). The topological polar surface area (TPSA) is 55.4 Å². The largest absolute Gasteiger partial charge is 0.484 e. The molecular weight excluding hydrogens is 362 g/mol. The third-order valence-electron chi connectivity index (χ3n) is 4.53. The Labute approximate surface area is 171 Å². The monoisotopic (exact) mass is 387 g/mol. The Morgan fingerprint density at radius 2 is 1.48 bits per heavy atom. The number of ether oxygens (including phenoxy) is 1. The fourth-order valence-corrected chi connectivity index (χ4v) is 2.89. The zero-order valence-corrected chi connectivity index (χ0v) is 16.9. The highest BCUT2D eigenvalue weighted by Crippen LogP contribution is 2.24. The normalized spacial score (nSPS) is 11.0. The highest BCUT2D eigenvalue weighted by Gasteiger charge is 2.13. The Morgan fingerprint density at radius 1 is 0.828 bits per heavy atom. The van der Waals surface area contributed by atoms with Crippen molar-refractivity contribution in [3.8, 4) is 5.75 Å². The quantitative estimate of drug-likeness (QED) is 0.589. The lowest BCUT2D eigenvalue weighted by Crippen LogP contribution is -2.20. The third kappa shape index (κ3) is 5.55. The van der Waals surface area contributed by atoms with Crippen LogP contribution in [0.4, 0.5) is 5.69 Å². The summed E-state index contributed by atoms with van der Waals surface area (Å²) in [4.78, 5) is 24.8. The van der Waals surface area contributed by atoms with E-state index >= 15 is 0 Å². The summed E-state index contributed by atoms with van der Waals surface area (Å²) in [6.07, 6.45) is 0. The van der Waals surface area contributed by atoms with Crippen LogP contribution in [-0.4, -0.2) is 18.3 Å². The molecule has 1 amide bonds. The first-order valence-electron chi connectivity index (χ1n) is 9.56. The molecule has 0 fully saturated rings. The minimum absolute atomic E-state index is 0.0676. The molecular formula is C25H25NO3. The van der Waals surface area contributed by atoms with Gasteiger partial charge in [-0.3, -0.25) is 9.59 Å². The molecule has 0 aliphatic heterocycles. The minimum Gasteiger partial charge on any atom is -0.484 e. The molecule has 1 N–H and O–H groups in total. The van der Waals surface area contributed by atoms with Crippen LogP contribution in [0.3, 0.4) is 0 Å². The second-order valence-electron chi connectivity index (χ2n) is 7.89. The van der Waals surface area contributed by atoms with Gasteiger partial charge < -0.3 is 10.1 Å². The number of benzene rings is 3. The van der Waals surface area contributed by atoms with E-state index in [0.29, 0.717) is 22.6 Å². The number of hydrogen-bond acceptors (Lipinski definition) is 3. The number of ketones is 1. The van der Waals surface area contributed by atoms with Crippen molar-refractivity contribution in [2.45, 2.75) is 26.2 Å². The van der Waals surface area contributed by atoms with Crippen LogP contribution in [0.15, 0.2) is 78.9 Å². The Morgan fingerprint density at radius 3 is 2.14 bits per heavy atom. The summed E-state index contributed by atoms with van der Waals surface area (Å²) >= 11 is 0. The molecule has 0 heterocycles. The molecule has 0 radical (unpaired) electrons. The summed E-state index contributed by atoms with van der Waals surface area (Å²) in [7, 11) is 0. The summed E-state index contributed by atoms with van der Waals surface area (Å²) in [6, 6.07) is 23.7. The molecule has 0 aromatic heterocycles. The average molecular weight is 387 g/mol. The molecule has 0 aliphatic rings. The van der Waals surface area contributed by atoms with Crippen LogP contribution in [0.2, 0.25) is 0 Å². The van der Waals surface area contributed by atoms with Gasteiger partial charge in [-0.25, -0.2) is 0 Å². The Bertz CT molecular complexity index is 987. The van der Waals surface area contributed by atoms with E-state index in [-0.39, 0.29) is 23.7 Å². The van der Waals surface area contributed by atoms with E-state index in [1.807, 2.05) is 42.5 Å². The van der Waals surface area contributed by atoms with Gasteiger partial charge in [-0.05, 0) is 35.2 Å². The van der Waals surface area contributed by atoms with Gasteiger partial charge in [0.25, 0.3) is 5.91 Å². The van der Waals surface area contributed by atoms with E-state index in [1.165, 1.54) is 5.56 Å². The number of nitrogens with one attached hydrogen (secondary N) is 1. The van der Waals surface area contributed by atoms with Gasteiger partial charge in [0.05, 0.1) is 0 Å². The molecule has 0 saturated heterocycles. The zero-order valence-electron chi connectivity index (χ0n) is 16.9. The maximum absolute atomic E-state index is 12.6. The Balaban J connectivity index is 1.59. The molecule has 0 atom stereocenters. The average Bonchev–Trinajstić information content (AvgIpc) is 2.72. The van der Waals surface area contributed by atoms with Gasteiger partial charge in [-0.2, -0.15) is 0 Å². The van der Waals surface area contributed by atoms with Crippen LogP contribution >= 0.6 is 0 Å². The molecule has 4 heteroatoms. The fraction of sp³-hybridized carbons (Fsp3) is 0.200. The minimum atomic E-state index is -0.283. The molecule has 0 spiro atoms. The first kappa shape index (κ1) is 20.3. The highest BCUT2D eigenvalue weighted by atomic mass is 16.5. The molecule has 0 aliphatic carbocycles. The van der Waals surface area contributed by atoms with Gasteiger partial charge in [0.1, 0.15) is 5.75 Å². The molecule has 0 unspecified atom stereocenters. The molecule has 0 bridgehead atoms. The maximum Gasteiger partial charge on any atom is 0.262 e. The molecule has 4 nitrogen and oxygen atoms in total. The van der Waals surface area contributed by atoms with Crippen LogP contribution < -0.4 is 10.1 Å². The van der Waals surface area contributed by atoms with Gasteiger partial charge in [0.15, 0.2) is 12.4 Å². The molecule has 3 aromatic rings. The van der Waals surface area contributed by atoms with E-state index in [9.17, 15) is 9.59 Å². The van der Waals surface area contributed by atoms with Gasteiger partial charge in [0, 0.05) is 16.8 Å². The first-order chi connectivity index (χ1) is 13.8. The summed E-state index contributed by atoms with van der Waals surface area (Å²) in [5, 5.41) is 2.78. The van der Waals surface area contributed by atoms with Crippen molar-refractivity contribution < 1.29 is 14.3 Å². The van der Waals surface area contributed by atoms with Crippen molar-refractivity contribution >= 4 is 17.4 Å². The van der Waals surface area contributed by atoms with E-state index in [2.05, 4.69) is 26.1 Å². The van der Waals surface area contributed by atoms with Crippen molar-refractivity contribution in [2.24, 2.45) is 0 Å². The van der Waals surface area contributed by atoms with E-state index in [1.54, 1.807) is 36.4 Å². The summed E-state index contributed by atoms with van der Waals surface area (Å²) < 4.78 is 5.58. The Kier molecular flexibility index (Phi) is 6.13. The number of amides is 1. The lowest BCUT2D eigenvalue weighted by Gasteiger charge is -2.19. The smallest absolute Gasteiger partial charge is 0.262 e. The van der Waals surface area contributed by atoms with Crippen molar-refractivity contribution in [1.82, 2.24) is 0 Å². The van der Waals surface area contributed by atoms with Crippen molar-refractivity contribution in [1.29, 1.82) is 0 Å². The van der Waals surface area contributed by atoms with Crippen LogP contribution in [0, 0.1) is 0 Å². The van der Waals surface area contributed by atoms with Crippen LogP contribution in [0.25, 0.3) is 0 Å². The second kappa shape index (κ2) is 8.74.